The van der Waals surface area contributed by atoms with Crippen LogP contribution >= 0.6 is 0 Å². The number of hydrogen-bond donors (Lipinski definition) is 1. The van der Waals surface area contributed by atoms with Crippen molar-refractivity contribution in [2.45, 2.75) is 45.1 Å². The van der Waals surface area contributed by atoms with Crippen LogP contribution in [-0.2, 0) is 17.6 Å². The van der Waals surface area contributed by atoms with Gasteiger partial charge in [-0.1, -0.05) is 6.42 Å². The summed E-state index contributed by atoms with van der Waals surface area (Å²) in [4.78, 5) is 29.5. The third-order valence-corrected chi connectivity index (χ3v) is 4.35. The fourth-order valence-corrected chi connectivity index (χ4v) is 3.18. The zero-order valence-electron chi connectivity index (χ0n) is 12.5. The monoisotopic (exact) mass is 290 g/mol. The Morgan fingerprint density at radius 1 is 1.33 bits per heavy atom. The van der Waals surface area contributed by atoms with Crippen LogP contribution in [0.15, 0.2) is 10.9 Å². The Labute approximate surface area is 124 Å². The molecule has 2 heterocycles. The van der Waals surface area contributed by atoms with Crippen LogP contribution in [0.4, 0.5) is 0 Å². The Morgan fingerprint density at radius 2 is 2.14 bits per heavy atom. The molecule has 1 atom stereocenters. The van der Waals surface area contributed by atoms with E-state index in [1.54, 1.807) is 4.90 Å². The van der Waals surface area contributed by atoms with Gasteiger partial charge in [-0.05, 0) is 44.2 Å². The smallest absolute Gasteiger partial charge is 0.261 e. The first kappa shape index (κ1) is 14.3. The van der Waals surface area contributed by atoms with Crippen LogP contribution < -0.4 is 5.56 Å². The number of fused-ring (bicyclic) bond motifs is 1. The van der Waals surface area contributed by atoms with Crippen molar-refractivity contribution in [2.75, 3.05) is 19.7 Å². The van der Waals surface area contributed by atoms with E-state index >= 15 is 0 Å². The van der Waals surface area contributed by atoms with Gasteiger partial charge in [0.2, 0.25) is 0 Å². The van der Waals surface area contributed by atoms with Crippen molar-refractivity contribution in [1.82, 2.24) is 9.88 Å². The molecule has 1 aromatic rings. The van der Waals surface area contributed by atoms with Crippen molar-refractivity contribution >= 4 is 5.91 Å². The molecule has 0 aromatic carbocycles. The summed E-state index contributed by atoms with van der Waals surface area (Å²) in [5.41, 5.74) is 2.19. The summed E-state index contributed by atoms with van der Waals surface area (Å²) in [7, 11) is 0. The van der Waals surface area contributed by atoms with Crippen molar-refractivity contribution in [3.63, 3.8) is 0 Å². The van der Waals surface area contributed by atoms with Gasteiger partial charge in [-0.25, -0.2) is 0 Å². The molecule has 1 fully saturated rings. The normalized spacial score (nSPS) is 22.5. The number of carbonyl (C=O) groups is 1. The molecule has 5 heteroatoms. The molecule has 1 N–H and O–H groups in total. The molecule has 1 unspecified atom stereocenters. The van der Waals surface area contributed by atoms with Gasteiger partial charge in [0.15, 0.2) is 0 Å². The molecule has 5 nitrogen and oxygen atoms in total. The second kappa shape index (κ2) is 6.02. The molecule has 1 aliphatic heterocycles. The number of nitrogens with one attached hydrogen (secondary N) is 1. The number of nitrogens with zero attached hydrogens (tertiary/aromatic N) is 1. The minimum Gasteiger partial charge on any atom is -0.375 e. The molecule has 0 saturated carbocycles. The largest absolute Gasteiger partial charge is 0.375 e. The van der Waals surface area contributed by atoms with E-state index in [0.717, 1.165) is 36.9 Å². The summed E-state index contributed by atoms with van der Waals surface area (Å²) >= 11 is 0. The number of rotatable bonds is 1. The average Bonchev–Trinajstić information content (AvgIpc) is 2.70. The predicted octanol–water partition coefficient (Wildman–Crippen LogP) is 1.50. The van der Waals surface area contributed by atoms with E-state index in [-0.39, 0.29) is 23.1 Å². The van der Waals surface area contributed by atoms with Gasteiger partial charge >= 0.3 is 0 Å². The summed E-state index contributed by atoms with van der Waals surface area (Å²) in [6.07, 6.45) is 5.31. The lowest BCUT2D eigenvalue weighted by molar-refractivity contribution is -0.0124. The highest BCUT2D eigenvalue weighted by Crippen LogP contribution is 2.19. The Morgan fingerprint density at radius 3 is 2.95 bits per heavy atom. The van der Waals surface area contributed by atoms with E-state index in [0.29, 0.717) is 19.7 Å². The van der Waals surface area contributed by atoms with Crippen molar-refractivity contribution in [2.24, 2.45) is 0 Å². The number of H-pyrrole nitrogens is 1. The number of amides is 1. The fourth-order valence-electron chi connectivity index (χ4n) is 3.18. The fraction of sp³-hybridized carbons (Fsp3) is 0.625. The molecule has 21 heavy (non-hydrogen) atoms. The lowest BCUT2D eigenvalue weighted by Gasteiger charge is -2.31. The number of aromatic amines is 1. The highest BCUT2D eigenvalue weighted by molar-refractivity contribution is 5.94. The van der Waals surface area contributed by atoms with Gasteiger partial charge < -0.3 is 14.6 Å². The van der Waals surface area contributed by atoms with Gasteiger partial charge in [0.05, 0.1) is 12.7 Å². The van der Waals surface area contributed by atoms with Crippen molar-refractivity contribution < 1.29 is 9.53 Å². The topological polar surface area (TPSA) is 62.4 Å². The number of ether oxygens (including phenoxy) is 1. The number of carbonyl (C=O) groups excluding carboxylic acids is 1. The molecule has 1 aromatic heterocycles. The van der Waals surface area contributed by atoms with E-state index in [1.165, 1.54) is 6.42 Å². The molecule has 0 spiro atoms. The average molecular weight is 290 g/mol. The quantitative estimate of drug-likeness (QED) is 0.797. The summed E-state index contributed by atoms with van der Waals surface area (Å²) in [6, 6.07) is 1.82. The van der Waals surface area contributed by atoms with Crippen LogP contribution in [0, 0.1) is 0 Å². The second-order valence-corrected chi connectivity index (χ2v) is 6.01. The molecule has 1 saturated heterocycles. The number of pyridine rings is 1. The minimum atomic E-state index is -0.250. The maximum atomic E-state index is 12.6. The molecular weight excluding hydrogens is 268 g/mol. The lowest BCUT2D eigenvalue weighted by Crippen LogP contribution is -2.46. The zero-order valence-corrected chi connectivity index (χ0v) is 12.5. The molecule has 2 aliphatic rings. The van der Waals surface area contributed by atoms with Crippen LogP contribution in [0.5, 0.6) is 0 Å². The molecule has 114 valence electrons. The predicted molar refractivity (Wildman–Crippen MR) is 79.6 cm³/mol. The van der Waals surface area contributed by atoms with Crippen molar-refractivity contribution in [1.29, 1.82) is 0 Å². The number of aromatic nitrogens is 1. The summed E-state index contributed by atoms with van der Waals surface area (Å²) in [6.45, 7) is 3.59. The van der Waals surface area contributed by atoms with E-state index in [9.17, 15) is 9.59 Å². The maximum absolute atomic E-state index is 12.6. The van der Waals surface area contributed by atoms with Gasteiger partial charge in [-0.15, -0.1) is 0 Å². The SMILES string of the molecule is CC1CN(C(=O)c2cc3c([nH]c2=O)CCCCC3)CCO1. The van der Waals surface area contributed by atoms with Crippen LogP contribution in [0.1, 0.15) is 47.8 Å². The first-order chi connectivity index (χ1) is 10.1. The highest BCUT2D eigenvalue weighted by Gasteiger charge is 2.25. The van der Waals surface area contributed by atoms with Crippen LogP contribution in [0.3, 0.4) is 0 Å². The third-order valence-electron chi connectivity index (χ3n) is 4.35. The summed E-state index contributed by atoms with van der Waals surface area (Å²) in [5, 5.41) is 0. The Hall–Kier alpha value is -1.62. The van der Waals surface area contributed by atoms with Crippen LogP contribution in [-0.4, -0.2) is 41.6 Å². The Kier molecular flexibility index (Phi) is 4.10. The standard InChI is InChI=1S/C16H22N2O3/c1-11-10-18(7-8-21-11)16(20)13-9-12-5-3-2-4-6-14(12)17-15(13)19/h9,11H,2-8,10H2,1H3,(H,17,19). The first-order valence-electron chi connectivity index (χ1n) is 7.81. The third kappa shape index (κ3) is 3.02. The van der Waals surface area contributed by atoms with Gasteiger partial charge in [0, 0.05) is 18.8 Å². The van der Waals surface area contributed by atoms with Gasteiger partial charge in [-0.3, -0.25) is 9.59 Å². The van der Waals surface area contributed by atoms with E-state index in [4.69, 9.17) is 4.74 Å². The first-order valence-corrected chi connectivity index (χ1v) is 7.81. The van der Waals surface area contributed by atoms with Gasteiger partial charge in [0.1, 0.15) is 5.56 Å². The van der Waals surface area contributed by atoms with E-state index < -0.39 is 0 Å². The lowest BCUT2D eigenvalue weighted by atomic mass is 10.1. The van der Waals surface area contributed by atoms with E-state index in [1.807, 2.05) is 13.0 Å². The van der Waals surface area contributed by atoms with Crippen LogP contribution in [0.2, 0.25) is 0 Å². The Balaban J connectivity index is 1.89. The summed E-state index contributed by atoms with van der Waals surface area (Å²) < 4.78 is 5.45. The minimum absolute atomic E-state index is 0.0302. The maximum Gasteiger partial charge on any atom is 0.261 e. The molecule has 0 radical (unpaired) electrons. The van der Waals surface area contributed by atoms with Gasteiger partial charge in [0.25, 0.3) is 11.5 Å². The molecular formula is C16H22N2O3. The highest BCUT2D eigenvalue weighted by atomic mass is 16.5. The Bertz CT molecular complexity index is 594. The molecule has 1 amide bonds. The van der Waals surface area contributed by atoms with E-state index in [2.05, 4.69) is 4.98 Å². The molecule has 3 rings (SSSR count). The number of morpholine rings is 1. The molecule has 1 aliphatic carbocycles. The van der Waals surface area contributed by atoms with Crippen LogP contribution in [0.25, 0.3) is 0 Å². The zero-order chi connectivity index (χ0) is 14.8. The summed E-state index contributed by atoms with van der Waals surface area (Å²) in [5.74, 6) is -0.168. The number of aryl methyl sites for hydroxylation is 2. The van der Waals surface area contributed by atoms with Crippen molar-refractivity contribution in [3.05, 3.63) is 33.2 Å². The molecule has 0 bridgehead atoms. The number of hydrogen-bond acceptors (Lipinski definition) is 3. The van der Waals surface area contributed by atoms with Crippen molar-refractivity contribution in [3.8, 4) is 0 Å². The van der Waals surface area contributed by atoms with Gasteiger partial charge in [-0.2, -0.15) is 0 Å². The second-order valence-electron chi connectivity index (χ2n) is 6.01.